The van der Waals surface area contributed by atoms with E-state index in [0.29, 0.717) is 41.5 Å². The zero-order chi connectivity index (χ0) is 24.3. The average Bonchev–Trinajstić information content (AvgIpc) is 3.12. The molecule has 1 aromatic heterocycles. The fourth-order valence-corrected chi connectivity index (χ4v) is 5.42. The predicted octanol–water partition coefficient (Wildman–Crippen LogP) is 4.50. The molecule has 0 radical (unpaired) electrons. The number of Topliss-reactive ketones (excluding diaryl/α,β-unsaturated/α-hetero) is 1. The second-order valence-electron chi connectivity index (χ2n) is 9.30. The Morgan fingerprint density at radius 3 is 2.68 bits per heavy atom. The molecular weight excluding hydrogens is 464 g/mol. The molecule has 5 rings (SSSR count). The molecule has 2 atom stereocenters. The van der Waals surface area contributed by atoms with Crippen molar-refractivity contribution in [1.82, 2.24) is 4.98 Å². The van der Waals surface area contributed by atoms with Gasteiger partial charge in [0.15, 0.2) is 9.84 Å². The number of aromatic nitrogens is 1. The van der Waals surface area contributed by atoms with Gasteiger partial charge in [0.05, 0.1) is 39.7 Å². The quantitative estimate of drug-likeness (QED) is 0.615. The summed E-state index contributed by atoms with van der Waals surface area (Å²) in [4.78, 5) is 21.5. The van der Waals surface area contributed by atoms with Crippen molar-refractivity contribution in [3.63, 3.8) is 0 Å². The van der Waals surface area contributed by atoms with Gasteiger partial charge in [0.2, 0.25) is 0 Å². The van der Waals surface area contributed by atoms with E-state index in [9.17, 15) is 22.0 Å². The predicted molar refractivity (Wildman–Crippen MR) is 123 cm³/mol. The van der Waals surface area contributed by atoms with Crippen molar-refractivity contribution in [3.05, 3.63) is 41.2 Å². The number of pyridine rings is 1. The van der Waals surface area contributed by atoms with Gasteiger partial charge in [0.25, 0.3) is 5.92 Å². The first-order valence-electron chi connectivity index (χ1n) is 11.2. The number of anilines is 2. The largest absolute Gasteiger partial charge is 0.374 e. The van der Waals surface area contributed by atoms with Crippen LogP contribution in [0.4, 0.5) is 25.8 Å². The SMILES string of the molecule is CC1=Nc2c(Nc3ccc([C@@H]4CCCO4)cc3S(C)(=O)=O)cc(CC(=O)[C@@H]3CC3(F)F)nc2C1. The molecule has 3 heterocycles. The van der Waals surface area contributed by atoms with Gasteiger partial charge in [0.1, 0.15) is 11.5 Å². The molecule has 0 bridgehead atoms. The normalized spacial score (nSPS) is 22.9. The van der Waals surface area contributed by atoms with Crippen molar-refractivity contribution in [2.24, 2.45) is 10.9 Å². The van der Waals surface area contributed by atoms with Crippen LogP contribution in [0.3, 0.4) is 0 Å². The number of hydrogen-bond donors (Lipinski definition) is 1. The summed E-state index contributed by atoms with van der Waals surface area (Å²) in [6.45, 7) is 2.49. The minimum atomic E-state index is -3.58. The summed E-state index contributed by atoms with van der Waals surface area (Å²) in [7, 11) is -3.58. The Morgan fingerprint density at radius 2 is 2.03 bits per heavy atom. The van der Waals surface area contributed by atoms with Crippen LogP contribution in [0.1, 0.15) is 49.2 Å². The third-order valence-corrected chi connectivity index (χ3v) is 7.53. The van der Waals surface area contributed by atoms with Crippen LogP contribution in [-0.4, -0.2) is 43.7 Å². The maximum atomic E-state index is 13.4. The van der Waals surface area contributed by atoms with Crippen LogP contribution in [-0.2, 0) is 32.2 Å². The van der Waals surface area contributed by atoms with Gasteiger partial charge in [-0.2, -0.15) is 0 Å². The number of nitrogens with zero attached hydrogens (tertiary/aromatic N) is 2. The van der Waals surface area contributed by atoms with Crippen molar-refractivity contribution in [2.75, 3.05) is 18.2 Å². The number of aliphatic imine (C=N–C) groups is 1. The highest BCUT2D eigenvalue weighted by Crippen LogP contribution is 2.49. The fraction of sp³-hybridized carbons (Fsp3) is 0.458. The summed E-state index contributed by atoms with van der Waals surface area (Å²) in [5.74, 6) is -4.72. The highest BCUT2D eigenvalue weighted by atomic mass is 32.2. The van der Waals surface area contributed by atoms with E-state index in [0.717, 1.165) is 30.4 Å². The van der Waals surface area contributed by atoms with Gasteiger partial charge in [-0.3, -0.25) is 14.8 Å². The third kappa shape index (κ3) is 4.48. The Kier molecular flexibility index (Phi) is 5.55. The van der Waals surface area contributed by atoms with Crippen molar-refractivity contribution in [2.45, 2.75) is 55.9 Å². The van der Waals surface area contributed by atoms with Crippen LogP contribution in [0.5, 0.6) is 0 Å². The number of benzene rings is 1. The molecule has 1 saturated heterocycles. The molecule has 10 heteroatoms. The summed E-state index contributed by atoms with van der Waals surface area (Å²) in [6, 6.07) is 6.76. The van der Waals surface area contributed by atoms with Crippen LogP contribution in [0.25, 0.3) is 0 Å². The number of hydrogen-bond acceptors (Lipinski definition) is 7. The summed E-state index contributed by atoms with van der Waals surface area (Å²) in [6.07, 6.45) is 2.61. The number of fused-ring (bicyclic) bond motifs is 1. The lowest BCUT2D eigenvalue weighted by Gasteiger charge is -2.17. The lowest BCUT2D eigenvalue weighted by molar-refractivity contribution is -0.121. The molecule has 34 heavy (non-hydrogen) atoms. The first kappa shape index (κ1) is 23.0. The number of sulfone groups is 1. The minimum absolute atomic E-state index is 0.125. The van der Waals surface area contributed by atoms with Crippen LogP contribution in [0.2, 0.25) is 0 Å². The average molecular weight is 490 g/mol. The number of halogens is 2. The Labute approximate surface area is 196 Å². The molecule has 2 aliphatic heterocycles. The Hall–Kier alpha value is -2.72. The number of nitrogens with one attached hydrogen (secondary N) is 1. The van der Waals surface area contributed by atoms with E-state index in [1.807, 2.05) is 13.0 Å². The summed E-state index contributed by atoms with van der Waals surface area (Å²) >= 11 is 0. The number of rotatable bonds is 7. The van der Waals surface area contributed by atoms with E-state index >= 15 is 0 Å². The zero-order valence-electron chi connectivity index (χ0n) is 18.9. The van der Waals surface area contributed by atoms with Crippen LogP contribution in [0.15, 0.2) is 34.2 Å². The van der Waals surface area contributed by atoms with E-state index in [1.165, 1.54) is 0 Å². The first-order valence-corrected chi connectivity index (χ1v) is 13.1. The molecule has 1 saturated carbocycles. The van der Waals surface area contributed by atoms with Gasteiger partial charge in [-0.15, -0.1) is 0 Å². The molecular formula is C24H25F2N3O4S. The zero-order valence-corrected chi connectivity index (χ0v) is 19.7. The lowest BCUT2D eigenvalue weighted by Crippen LogP contribution is -2.12. The summed E-state index contributed by atoms with van der Waals surface area (Å²) in [5.41, 5.74) is 4.02. The highest BCUT2D eigenvalue weighted by Gasteiger charge is 2.60. The highest BCUT2D eigenvalue weighted by molar-refractivity contribution is 7.90. The molecule has 0 amide bonds. The molecule has 1 aliphatic carbocycles. The maximum absolute atomic E-state index is 13.4. The fourth-order valence-electron chi connectivity index (χ4n) is 4.55. The van der Waals surface area contributed by atoms with Crippen LogP contribution < -0.4 is 5.32 Å². The molecule has 2 fully saturated rings. The van der Waals surface area contributed by atoms with Crippen molar-refractivity contribution >= 4 is 38.4 Å². The molecule has 1 aromatic carbocycles. The molecule has 180 valence electrons. The topological polar surface area (TPSA) is 97.7 Å². The van der Waals surface area contributed by atoms with Gasteiger partial charge >= 0.3 is 0 Å². The van der Waals surface area contributed by atoms with E-state index in [1.54, 1.807) is 18.2 Å². The van der Waals surface area contributed by atoms with Gasteiger partial charge in [-0.05, 0) is 43.5 Å². The summed E-state index contributed by atoms with van der Waals surface area (Å²) < 4.78 is 57.6. The molecule has 1 N–H and O–H groups in total. The van der Waals surface area contributed by atoms with Gasteiger partial charge in [-0.25, -0.2) is 17.2 Å². The molecule has 0 spiro atoms. The number of alkyl halides is 2. The van der Waals surface area contributed by atoms with Crippen molar-refractivity contribution in [1.29, 1.82) is 0 Å². The third-order valence-electron chi connectivity index (χ3n) is 6.39. The number of carbonyl (C=O) groups excluding carboxylic acids is 1. The monoisotopic (exact) mass is 489 g/mol. The Morgan fingerprint density at radius 1 is 1.26 bits per heavy atom. The smallest absolute Gasteiger partial charge is 0.258 e. The second-order valence-corrected chi connectivity index (χ2v) is 11.3. The van der Waals surface area contributed by atoms with Crippen LogP contribution >= 0.6 is 0 Å². The minimum Gasteiger partial charge on any atom is -0.374 e. The van der Waals surface area contributed by atoms with E-state index < -0.39 is 33.9 Å². The van der Waals surface area contributed by atoms with Gasteiger partial charge in [0, 0.05) is 37.8 Å². The number of carbonyl (C=O) groups is 1. The molecule has 0 unspecified atom stereocenters. The molecule has 3 aliphatic rings. The maximum Gasteiger partial charge on any atom is 0.258 e. The molecule has 7 nitrogen and oxygen atoms in total. The van der Waals surface area contributed by atoms with E-state index in [-0.39, 0.29) is 17.4 Å². The standard InChI is InChI=1S/C24H25F2N3O4S/c1-13-8-18-23(27-13)19(10-15(28-18)11-20(30)16-12-24(16,25)26)29-17-6-5-14(21-4-3-7-33-21)9-22(17)34(2,31)32/h5-6,9-10,16,21H,3-4,7-8,11-12H2,1-2H3,(H,28,29)/t16-,21-/m0/s1. The van der Waals surface area contributed by atoms with E-state index in [4.69, 9.17) is 4.74 Å². The second kappa shape index (κ2) is 8.20. The van der Waals surface area contributed by atoms with Gasteiger partial charge < -0.3 is 10.1 Å². The Balaban J connectivity index is 1.50. The molecule has 2 aromatic rings. The summed E-state index contributed by atoms with van der Waals surface area (Å²) in [5, 5.41) is 3.17. The van der Waals surface area contributed by atoms with Crippen molar-refractivity contribution < 1.29 is 26.7 Å². The number of ether oxygens (including phenoxy) is 1. The van der Waals surface area contributed by atoms with Crippen molar-refractivity contribution in [3.8, 4) is 0 Å². The Bertz CT molecular complexity index is 1320. The van der Waals surface area contributed by atoms with E-state index in [2.05, 4.69) is 15.3 Å². The number of ketones is 1. The van der Waals surface area contributed by atoms with Crippen LogP contribution in [0, 0.1) is 5.92 Å². The lowest BCUT2D eigenvalue weighted by atomic mass is 10.1. The van der Waals surface area contributed by atoms with Gasteiger partial charge in [-0.1, -0.05) is 6.07 Å². The first-order chi connectivity index (χ1) is 16.0.